The molecule has 0 fully saturated rings. The summed E-state index contributed by atoms with van der Waals surface area (Å²) in [7, 11) is 0. The van der Waals surface area contributed by atoms with Crippen LogP contribution in [0.3, 0.4) is 0 Å². The van der Waals surface area contributed by atoms with Crippen LogP contribution in [0.5, 0.6) is 0 Å². The quantitative estimate of drug-likeness (QED) is 0.329. The second kappa shape index (κ2) is 8.78. The molecule has 1 amide bonds. The van der Waals surface area contributed by atoms with Crippen LogP contribution in [0.4, 0.5) is 24.5 Å². The molecule has 2 aromatic carbocycles. The van der Waals surface area contributed by atoms with Crippen molar-refractivity contribution in [1.29, 1.82) is 0 Å². The molecule has 0 aliphatic heterocycles. The van der Waals surface area contributed by atoms with E-state index in [4.69, 9.17) is 10.6 Å². The number of halogens is 3. The topological polar surface area (TPSA) is 76.7 Å². The van der Waals surface area contributed by atoms with Crippen molar-refractivity contribution in [1.82, 2.24) is 0 Å². The molecule has 0 saturated heterocycles. The van der Waals surface area contributed by atoms with E-state index in [1.807, 2.05) is 0 Å². The van der Waals surface area contributed by atoms with Gasteiger partial charge in [-0.15, -0.1) is 11.3 Å². The molecule has 3 N–H and O–H groups in total. The Bertz CT molecular complexity index is 1010. The smallest absolute Gasteiger partial charge is 0.397 e. The standard InChI is InChI=1S/C20H16F3N3O2S/c21-20(22,23)14-7-5-13(6-8-14)11-25-28-12-15-9-10-18(29-15)19(27)26-17-4-2-1-3-16(17)24/h1-11H,12,24H2,(H,26,27)/b25-11+. The first kappa shape index (κ1) is 20.4. The van der Waals surface area contributed by atoms with Crippen molar-refractivity contribution >= 4 is 34.8 Å². The lowest BCUT2D eigenvalue weighted by Crippen LogP contribution is -2.11. The third-order valence-corrected chi connectivity index (χ3v) is 4.87. The van der Waals surface area contributed by atoms with Crippen LogP contribution in [-0.4, -0.2) is 12.1 Å². The third-order valence-electron chi connectivity index (χ3n) is 3.82. The summed E-state index contributed by atoms with van der Waals surface area (Å²) in [4.78, 5) is 18.7. The van der Waals surface area contributed by atoms with Gasteiger partial charge in [0.2, 0.25) is 0 Å². The Balaban J connectivity index is 1.52. The van der Waals surface area contributed by atoms with Gasteiger partial charge >= 0.3 is 6.18 Å². The van der Waals surface area contributed by atoms with Gasteiger partial charge in [-0.25, -0.2) is 0 Å². The van der Waals surface area contributed by atoms with Gasteiger partial charge in [0.05, 0.1) is 28.0 Å². The van der Waals surface area contributed by atoms with Gasteiger partial charge in [0, 0.05) is 4.88 Å². The maximum absolute atomic E-state index is 12.5. The number of anilines is 2. The fourth-order valence-electron chi connectivity index (χ4n) is 2.33. The number of carbonyl (C=O) groups is 1. The number of hydrogen-bond acceptors (Lipinski definition) is 5. The Morgan fingerprint density at radius 2 is 1.83 bits per heavy atom. The van der Waals surface area contributed by atoms with E-state index in [1.54, 1.807) is 36.4 Å². The summed E-state index contributed by atoms with van der Waals surface area (Å²) in [6.45, 7) is 0.128. The molecule has 0 aliphatic carbocycles. The minimum atomic E-state index is -4.37. The molecular formula is C20H16F3N3O2S. The number of oxime groups is 1. The number of alkyl halides is 3. The van der Waals surface area contributed by atoms with Crippen LogP contribution >= 0.6 is 11.3 Å². The third kappa shape index (κ3) is 5.58. The summed E-state index contributed by atoms with van der Waals surface area (Å²) in [5.41, 5.74) is 6.56. The normalized spacial score (nSPS) is 11.6. The van der Waals surface area contributed by atoms with Crippen LogP contribution < -0.4 is 11.1 Å². The lowest BCUT2D eigenvalue weighted by Gasteiger charge is -2.06. The van der Waals surface area contributed by atoms with Crippen molar-refractivity contribution in [2.75, 3.05) is 11.1 Å². The van der Waals surface area contributed by atoms with Crippen molar-refractivity contribution < 1.29 is 22.8 Å². The average Bonchev–Trinajstić information content (AvgIpc) is 3.16. The molecule has 0 aliphatic rings. The summed E-state index contributed by atoms with van der Waals surface area (Å²) < 4.78 is 37.6. The number of para-hydroxylation sites is 2. The van der Waals surface area contributed by atoms with Crippen molar-refractivity contribution in [3.8, 4) is 0 Å². The second-order valence-corrected chi connectivity index (χ2v) is 7.10. The number of amides is 1. The van der Waals surface area contributed by atoms with Crippen molar-refractivity contribution in [2.24, 2.45) is 5.16 Å². The molecule has 0 radical (unpaired) electrons. The molecule has 0 bridgehead atoms. The second-order valence-electron chi connectivity index (χ2n) is 5.94. The average molecular weight is 419 g/mol. The minimum Gasteiger partial charge on any atom is -0.397 e. The van der Waals surface area contributed by atoms with Crippen LogP contribution in [0.25, 0.3) is 0 Å². The summed E-state index contributed by atoms with van der Waals surface area (Å²) in [5, 5.41) is 6.49. The number of benzene rings is 2. The molecular weight excluding hydrogens is 403 g/mol. The van der Waals surface area contributed by atoms with Crippen LogP contribution in [0.1, 0.15) is 25.7 Å². The molecule has 0 atom stereocenters. The van der Waals surface area contributed by atoms with Crippen molar-refractivity contribution in [3.63, 3.8) is 0 Å². The highest BCUT2D eigenvalue weighted by Crippen LogP contribution is 2.29. The molecule has 5 nitrogen and oxygen atoms in total. The summed E-state index contributed by atoms with van der Waals surface area (Å²) in [5.74, 6) is -0.285. The van der Waals surface area contributed by atoms with E-state index in [2.05, 4.69) is 10.5 Å². The largest absolute Gasteiger partial charge is 0.416 e. The van der Waals surface area contributed by atoms with Gasteiger partial charge in [-0.3, -0.25) is 4.79 Å². The highest BCUT2D eigenvalue weighted by molar-refractivity contribution is 7.14. The number of nitrogens with one attached hydrogen (secondary N) is 1. The Morgan fingerprint density at radius 1 is 1.10 bits per heavy atom. The lowest BCUT2D eigenvalue weighted by molar-refractivity contribution is -0.137. The lowest BCUT2D eigenvalue weighted by atomic mass is 10.1. The van der Waals surface area contributed by atoms with E-state index in [1.165, 1.54) is 29.7 Å². The van der Waals surface area contributed by atoms with Gasteiger partial charge in [-0.2, -0.15) is 13.2 Å². The van der Waals surface area contributed by atoms with Gasteiger partial charge < -0.3 is 15.9 Å². The zero-order valence-corrected chi connectivity index (χ0v) is 15.8. The van der Waals surface area contributed by atoms with E-state index in [0.717, 1.165) is 17.0 Å². The first-order chi connectivity index (χ1) is 13.8. The van der Waals surface area contributed by atoms with Gasteiger partial charge in [0.25, 0.3) is 5.91 Å². The number of rotatable bonds is 6. The van der Waals surface area contributed by atoms with Crippen LogP contribution in [0, 0.1) is 0 Å². The highest BCUT2D eigenvalue weighted by Gasteiger charge is 2.29. The fourth-order valence-corrected chi connectivity index (χ4v) is 3.14. The highest BCUT2D eigenvalue weighted by atomic mass is 32.1. The fraction of sp³-hybridized carbons (Fsp3) is 0.100. The first-order valence-corrected chi connectivity index (χ1v) is 9.22. The zero-order chi connectivity index (χ0) is 20.9. The van der Waals surface area contributed by atoms with Gasteiger partial charge in [0.15, 0.2) is 6.61 Å². The molecule has 0 saturated carbocycles. The number of thiophene rings is 1. The molecule has 1 aromatic heterocycles. The molecule has 0 spiro atoms. The van der Waals surface area contributed by atoms with E-state index in [9.17, 15) is 18.0 Å². The Morgan fingerprint density at radius 3 is 2.52 bits per heavy atom. The molecule has 29 heavy (non-hydrogen) atoms. The Kier molecular flexibility index (Phi) is 6.18. The summed E-state index contributed by atoms with van der Waals surface area (Å²) in [6.07, 6.45) is -3.05. The van der Waals surface area contributed by atoms with Crippen LogP contribution in [0.2, 0.25) is 0 Å². The van der Waals surface area contributed by atoms with E-state index >= 15 is 0 Å². The molecule has 1 heterocycles. The van der Waals surface area contributed by atoms with E-state index in [0.29, 0.717) is 21.8 Å². The Labute approximate surface area is 168 Å². The van der Waals surface area contributed by atoms with Crippen LogP contribution in [0.15, 0.2) is 65.8 Å². The Hall–Kier alpha value is -3.33. The molecule has 0 unspecified atom stereocenters. The predicted octanol–water partition coefficient (Wildman–Crippen LogP) is 5.15. The monoisotopic (exact) mass is 419 g/mol. The number of nitrogen functional groups attached to an aromatic ring is 1. The molecule has 150 valence electrons. The summed E-state index contributed by atoms with van der Waals surface area (Å²) in [6, 6.07) is 14.9. The van der Waals surface area contributed by atoms with Gasteiger partial charge in [0.1, 0.15) is 0 Å². The molecule has 9 heteroatoms. The van der Waals surface area contributed by atoms with Crippen molar-refractivity contribution in [2.45, 2.75) is 12.8 Å². The molecule has 3 rings (SSSR count). The zero-order valence-electron chi connectivity index (χ0n) is 14.9. The number of nitrogens with two attached hydrogens (primary N) is 1. The number of hydrogen-bond donors (Lipinski definition) is 2. The van der Waals surface area contributed by atoms with E-state index < -0.39 is 11.7 Å². The first-order valence-electron chi connectivity index (χ1n) is 8.40. The number of nitrogens with zero attached hydrogens (tertiary/aromatic N) is 1. The predicted molar refractivity (Wildman–Crippen MR) is 107 cm³/mol. The van der Waals surface area contributed by atoms with Crippen LogP contribution in [-0.2, 0) is 17.6 Å². The number of carbonyl (C=O) groups excluding carboxylic acids is 1. The maximum atomic E-state index is 12.5. The van der Waals surface area contributed by atoms with Gasteiger partial charge in [-0.05, 0) is 42.0 Å². The minimum absolute atomic E-state index is 0.128. The van der Waals surface area contributed by atoms with Crippen molar-refractivity contribution in [3.05, 3.63) is 81.5 Å². The van der Waals surface area contributed by atoms with E-state index in [-0.39, 0.29) is 12.5 Å². The molecule has 3 aromatic rings. The summed E-state index contributed by atoms with van der Waals surface area (Å²) >= 11 is 1.24. The van der Waals surface area contributed by atoms with Gasteiger partial charge in [-0.1, -0.05) is 29.4 Å². The maximum Gasteiger partial charge on any atom is 0.416 e. The SMILES string of the molecule is Nc1ccccc1NC(=O)c1ccc(CO/N=C/c2ccc(C(F)(F)F)cc2)s1.